The first kappa shape index (κ1) is 18.6. The van der Waals surface area contributed by atoms with Crippen molar-refractivity contribution in [2.75, 3.05) is 20.8 Å². The summed E-state index contributed by atoms with van der Waals surface area (Å²) in [5, 5.41) is 3.91. The molecule has 150 valence electrons. The third-order valence-electron chi connectivity index (χ3n) is 4.22. The lowest BCUT2D eigenvalue weighted by atomic mass is 10.2. The summed E-state index contributed by atoms with van der Waals surface area (Å²) in [6, 6.07) is 12.4. The van der Waals surface area contributed by atoms with Gasteiger partial charge < -0.3 is 28.2 Å². The number of rotatable bonds is 6. The van der Waals surface area contributed by atoms with E-state index in [0.717, 1.165) is 0 Å². The van der Waals surface area contributed by atoms with Crippen molar-refractivity contribution in [2.45, 2.75) is 12.7 Å². The molecule has 0 bridgehead atoms. The van der Waals surface area contributed by atoms with Gasteiger partial charge >= 0.3 is 5.97 Å². The van der Waals surface area contributed by atoms with Crippen LogP contribution in [0.5, 0.6) is 23.0 Å². The third kappa shape index (κ3) is 3.93. The van der Waals surface area contributed by atoms with Crippen LogP contribution in [0.3, 0.4) is 0 Å². The van der Waals surface area contributed by atoms with E-state index in [-0.39, 0.29) is 19.1 Å². The standard InChI is InChI=1S/C20H18N2O7/c1-24-13-8-7-12(9-16(13)25-2)19-21-18(29-22-19)11-27-20(23)17-10-26-14-5-3-4-6-15(14)28-17/h3-9,17H,10-11H2,1-2H3/t17-/m1/s1. The second-order valence-electron chi connectivity index (χ2n) is 6.05. The molecule has 29 heavy (non-hydrogen) atoms. The molecule has 0 aliphatic carbocycles. The minimum absolute atomic E-state index is 0.0660. The molecule has 2 aromatic carbocycles. The molecule has 9 heteroatoms. The number of fused-ring (bicyclic) bond motifs is 1. The van der Waals surface area contributed by atoms with Crippen molar-refractivity contribution in [3.05, 3.63) is 48.4 Å². The number of hydrogen-bond donors (Lipinski definition) is 0. The molecule has 0 amide bonds. The molecule has 0 fully saturated rings. The summed E-state index contributed by atoms with van der Waals surface area (Å²) in [6.45, 7) is -0.114. The Morgan fingerprint density at radius 1 is 1.10 bits per heavy atom. The Balaban J connectivity index is 1.38. The van der Waals surface area contributed by atoms with Crippen LogP contribution < -0.4 is 18.9 Å². The first-order valence-electron chi connectivity index (χ1n) is 8.78. The Labute approximate surface area is 166 Å². The fourth-order valence-electron chi connectivity index (χ4n) is 2.77. The smallest absolute Gasteiger partial charge is 0.351 e. The molecule has 3 aromatic rings. The first-order chi connectivity index (χ1) is 14.2. The maximum absolute atomic E-state index is 12.3. The van der Waals surface area contributed by atoms with Crippen molar-refractivity contribution in [1.29, 1.82) is 0 Å². The number of ether oxygens (including phenoxy) is 5. The molecular formula is C20H18N2O7. The molecular weight excluding hydrogens is 380 g/mol. The predicted molar refractivity (Wildman–Crippen MR) is 99.0 cm³/mol. The molecule has 9 nitrogen and oxygen atoms in total. The van der Waals surface area contributed by atoms with Crippen molar-refractivity contribution in [3.63, 3.8) is 0 Å². The van der Waals surface area contributed by atoms with Crippen LogP contribution in [0.2, 0.25) is 0 Å². The van der Waals surface area contributed by atoms with Crippen LogP contribution in [0.4, 0.5) is 0 Å². The minimum Gasteiger partial charge on any atom is -0.493 e. The predicted octanol–water partition coefficient (Wildman–Crippen LogP) is 2.64. The highest BCUT2D eigenvalue weighted by atomic mass is 16.6. The fraction of sp³-hybridized carbons (Fsp3) is 0.250. The fourth-order valence-corrected chi connectivity index (χ4v) is 2.77. The van der Waals surface area contributed by atoms with E-state index < -0.39 is 12.1 Å². The second-order valence-corrected chi connectivity index (χ2v) is 6.05. The van der Waals surface area contributed by atoms with Crippen molar-refractivity contribution in [2.24, 2.45) is 0 Å². The molecule has 0 radical (unpaired) electrons. The Morgan fingerprint density at radius 2 is 1.90 bits per heavy atom. The Kier molecular flexibility index (Phi) is 5.19. The molecule has 4 rings (SSSR count). The van der Waals surface area contributed by atoms with Gasteiger partial charge in [0.25, 0.3) is 5.89 Å². The molecule has 0 N–H and O–H groups in total. The van der Waals surface area contributed by atoms with Crippen LogP contribution in [-0.2, 0) is 16.1 Å². The Morgan fingerprint density at radius 3 is 2.69 bits per heavy atom. The van der Waals surface area contributed by atoms with Gasteiger partial charge in [-0.3, -0.25) is 0 Å². The number of benzene rings is 2. The summed E-state index contributed by atoms with van der Waals surface area (Å²) in [4.78, 5) is 16.5. The van der Waals surface area contributed by atoms with Gasteiger partial charge in [-0.15, -0.1) is 0 Å². The molecule has 2 heterocycles. The number of carbonyl (C=O) groups excluding carboxylic acids is 1. The van der Waals surface area contributed by atoms with Gasteiger partial charge in [0.2, 0.25) is 11.9 Å². The normalized spacial score (nSPS) is 14.9. The van der Waals surface area contributed by atoms with E-state index in [1.54, 1.807) is 43.5 Å². The summed E-state index contributed by atoms with van der Waals surface area (Å²) >= 11 is 0. The number of methoxy groups -OCH3 is 2. The topological polar surface area (TPSA) is 102 Å². The van der Waals surface area contributed by atoms with Crippen molar-refractivity contribution < 1.29 is 33.0 Å². The maximum Gasteiger partial charge on any atom is 0.351 e. The van der Waals surface area contributed by atoms with Crippen LogP contribution >= 0.6 is 0 Å². The highest BCUT2D eigenvalue weighted by molar-refractivity contribution is 5.76. The lowest BCUT2D eigenvalue weighted by Gasteiger charge is -2.24. The molecule has 1 aliphatic rings. The van der Waals surface area contributed by atoms with Gasteiger partial charge in [0.15, 0.2) is 29.6 Å². The number of esters is 1. The molecule has 1 aliphatic heterocycles. The molecule has 0 unspecified atom stereocenters. The SMILES string of the molecule is COc1ccc(-c2noc(COC(=O)[C@H]3COc4ccccc4O3)n2)cc1OC. The quantitative estimate of drug-likeness (QED) is 0.580. The van der Waals surface area contributed by atoms with Crippen molar-refractivity contribution >= 4 is 5.97 Å². The van der Waals surface area contributed by atoms with E-state index in [4.69, 9.17) is 28.2 Å². The number of nitrogens with zero attached hydrogens (tertiary/aromatic N) is 2. The van der Waals surface area contributed by atoms with Crippen molar-refractivity contribution in [1.82, 2.24) is 10.1 Å². The zero-order valence-corrected chi connectivity index (χ0v) is 15.8. The number of aromatic nitrogens is 2. The zero-order chi connectivity index (χ0) is 20.2. The lowest BCUT2D eigenvalue weighted by molar-refractivity contribution is -0.156. The molecule has 0 saturated carbocycles. The van der Waals surface area contributed by atoms with Gasteiger partial charge in [0.05, 0.1) is 14.2 Å². The average molecular weight is 398 g/mol. The monoisotopic (exact) mass is 398 g/mol. The third-order valence-corrected chi connectivity index (χ3v) is 4.22. The highest BCUT2D eigenvalue weighted by Gasteiger charge is 2.29. The number of hydrogen-bond acceptors (Lipinski definition) is 9. The van der Waals surface area contributed by atoms with Crippen molar-refractivity contribution in [3.8, 4) is 34.4 Å². The van der Waals surface area contributed by atoms with Gasteiger partial charge in [-0.1, -0.05) is 17.3 Å². The van der Waals surface area contributed by atoms with E-state index in [1.807, 2.05) is 6.07 Å². The molecule has 0 spiro atoms. The molecule has 1 aromatic heterocycles. The van der Waals surface area contributed by atoms with E-state index >= 15 is 0 Å². The number of para-hydroxylation sites is 2. The van der Waals surface area contributed by atoms with Crippen LogP contribution in [0.15, 0.2) is 47.0 Å². The minimum atomic E-state index is -0.863. The van der Waals surface area contributed by atoms with Gasteiger partial charge in [0, 0.05) is 5.56 Å². The summed E-state index contributed by atoms with van der Waals surface area (Å²) in [6.07, 6.45) is -0.863. The number of carbonyl (C=O) groups is 1. The van der Waals surface area contributed by atoms with Crippen LogP contribution in [0.1, 0.15) is 5.89 Å². The summed E-state index contributed by atoms with van der Waals surface area (Å²) in [7, 11) is 3.09. The summed E-state index contributed by atoms with van der Waals surface area (Å²) in [5.41, 5.74) is 0.671. The van der Waals surface area contributed by atoms with Gasteiger partial charge in [-0.2, -0.15) is 4.98 Å². The average Bonchev–Trinajstić information content (AvgIpc) is 3.25. The van der Waals surface area contributed by atoms with Crippen LogP contribution in [0.25, 0.3) is 11.4 Å². The van der Waals surface area contributed by atoms with Gasteiger partial charge in [-0.05, 0) is 30.3 Å². The molecule has 1 atom stereocenters. The lowest BCUT2D eigenvalue weighted by Crippen LogP contribution is -2.37. The van der Waals surface area contributed by atoms with Crippen LogP contribution in [-0.4, -0.2) is 43.0 Å². The second kappa shape index (κ2) is 8.09. The Bertz CT molecular complexity index is 1020. The summed E-state index contributed by atoms with van der Waals surface area (Å²) in [5.74, 6) is 2.12. The highest BCUT2D eigenvalue weighted by Crippen LogP contribution is 2.32. The Hall–Kier alpha value is -3.75. The van der Waals surface area contributed by atoms with E-state index in [2.05, 4.69) is 10.1 Å². The summed E-state index contributed by atoms with van der Waals surface area (Å²) < 4.78 is 32.0. The van der Waals surface area contributed by atoms with E-state index in [9.17, 15) is 4.79 Å². The maximum atomic E-state index is 12.3. The van der Waals surface area contributed by atoms with E-state index in [1.165, 1.54) is 7.11 Å². The van der Waals surface area contributed by atoms with Gasteiger partial charge in [-0.25, -0.2) is 4.79 Å². The molecule has 0 saturated heterocycles. The largest absolute Gasteiger partial charge is 0.493 e. The van der Waals surface area contributed by atoms with Gasteiger partial charge in [0.1, 0.15) is 6.61 Å². The van der Waals surface area contributed by atoms with Crippen LogP contribution in [0, 0.1) is 0 Å². The first-order valence-corrected chi connectivity index (χ1v) is 8.78. The zero-order valence-electron chi connectivity index (χ0n) is 15.8. The van der Waals surface area contributed by atoms with E-state index in [0.29, 0.717) is 34.4 Å².